The number of piperazine rings is 1. The zero-order valence-corrected chi connectivity index (χ0v) is 13.5. The van der Waals surface area contributed by atoms with Gasteiger partial charge in [-0.3, -0.25) is 9.59 Å². The number of hydrogen-bond donors (Lipinski definition) is 0. The Bertz CT molecular complexity index is 441. The Kier molecular flexibility index (Phi) is 5.81. The van der Waals surface area contributed by atoms with Crippen LogP contribution in [0.15, 0.2) is 12.7 Å². The van der Waals surface area contributed by atoms with E-state index in [0.717, 1.165) is 0 Å². The van der Waals surface area contributed by atoms with Gasteiger partial charge in [0.05, 0.1) is 17.4 Å². The van der Waals surface area contributed by atoms with Gasteiger partial charge in [0.15, 0.2) is 0 Å². The van der Waals surface area contributed by atoms with Crippen LogP contribution < -0.4 is 0 Å². The molecule has 0 spiro atoms. The number of ether oxygens (including phenoxy) is 1. The Morgan fingerprint density at radius 3 is 2.36 bits per heavy atom. The topological polar surface area (TPSA) is 49.9 Å². The van der Waals surface area contributed by atoms with Crippen molar-refractivity contribution in [2.24, 2.45) is 5.92 Å². The van der Waals surface area contributed by atoms with Gasteiger partial charge < -0.3 is 14.5 Å². The zero-order chi connectivity index (χ0) is 16.3. The molecule has 22 heavy (non-hydrogen) atoms. The molecule has 1 aliphatic carbocycles. The number of carbonyl (C=O) groups is 2. The van der Waals surface area contributed by atoms with Crippen molar-refractivity contribution in [3.63, 3.8) is 0 Å². The monoisotopic (exact) mass is 332 g/mol. The molecule has 2 fully saturated rings. The predicted octanol–water partition coefficient (Wildman–Crippen LogP) is 1.21. The lowest BCUT2D eigenvalue weighted by molar-refractivity contribution is -0.147. The molecule has 0 aromatic heterocycles. The Labute approximate surface area is 135 Å². The summed E-state index contributed by atoms with van der Waals surface area (Å²) in [5.41, 5.74) is 0. The molecular formula is C15H22ClFN2O3. The van der Waals surface area contributed by atoms with Crippen LogP contribution in [0.25, 0.3) is 0 Å². The van der Waals surface area contributed by atoms with E-state index >= 15 is 0 Å². The van der Waals surface area contributed by atoms with Crippen molar-refractivity contribution >= 4 is 23.4 Å². The molecule has 1 aliphatic heterocycles. The second-order valence-electron chi connectivity index (χ2n) is 5.74. The summed E-state index contributed by atoms with van der Waals surface area (Å²) in [5, 5.41) is -0.601. The van der Waals surface area contributed by atoms with E-state index in [1.54, 1.807) is 9.80 Å². The fourth-order valence-corrected chi connectivity index (χ4v) is 3.39. The summed E-state index contributed by atoms with van der Waals surface area (Å²) < 4.78 is 19.2. The number of amides is 2. The second kappa shape index (κ2) is 7.42. The molecule has 0 radical (unpaired) electrons. The molecule has 1 heterocycles. The van der Waals surface area contributed by atoms with Gasteiger partial charge in [0.2, 0.25) is 11.8 Å². The maximum absolute atomic E-state index is 13.9. The van der Waals surface area contributed by atoms with Gasteiger partial charge in [-0.2, -0.15) is 0 Å². The van der Waals surface area contributed by atoms with Crippen molar-refractivity contribution in [3.05, 3.63) is 12.7 Å². The van der Waals surface area contributed by atoms with Gasteiger partial charge >= 0.3 is 0 Å². The van der Waals surface area contributed by atoms with Gasteiger partial charge in [0.1, 0.15) is 6.17 Å². The molecule has 2 aliphatic rings. The lowest BCUT2D eigenvalue weighted by Gasteiger charge is -2.40. The summed E-state index contributed by atoms with van der Waals surface area (Å²) in [5.74, 6) is -0.742. The Morgan fingerprint density at radius 2 is 1.82 bits per heavy atom. The highest BCUT2D eigenvalue weighted by atomic mass is 35.5. The summed E-state index contributed by atoms with van der Waals surface area (Å²) in [6.07, 6.45) is 0.163. The van der Waals surface area contributed by atoms with Crippen LogP contribution in [0.5, 0.6) is 0 Å². The first-order valence-corrected chi connectivity index (χ1v) is 7.92. The summed E-state index contributed by atoms with van der Waals surface area (Å²) in [6.45, 7) is 5.30. The van der Waals surface area contributed by atoms with Crippen molar-refractivity contribution in [2.45, 2.75) is 30.5 Å². The number of nitrogens with zero attached hydrogens (tertiary/aromatic N) is 2. The summed E-state index contributed by atoms with van der Waals surface area (Å²) in [6, 6.07) is 0. The number of hydrogen-bond acceptors (Lipinski definition) is 3. The molecule has 0 N–H and O–H groups in total. The predicted molar refractivity (Wildman–Crippen MR) is 81.4 cm³/mol. The minimum atomic E-state index is -1.19. The number of rotatable bonds is 3. The third kappa shape index (κ3) is 3.60. The van der Waals surface area contributed by atoms with Gasteiger partial charge in [-0.1, -0.05) is 6.58 Å². The van der Waals surface area contributed by atoms with Crippen molar-refractivity contribution in [2.75, 3.05) is 33.3 Å². The van der Waals surface area contributed by atoms with Gasteiger partial charge in [0, 0.05) is 33.3 Å². The Balaban J connectivity index is 1.96. The number of halogens is 2. The van der Waals surface area contributed by atoms with Gasteiger partial charge in [0.25, 0.3) is 0 Å². The van der Waals surface area contributed by atoms with E-state index in [4.69, 9.17) is 16.3 Å². The minimum absolute atomic E-state index is 0.0946. The van der Waals surface area contributed by atoms with E-state index in [0.29, 0.717) is 32.6 Å². The maximum Gasteiger partial charge on any atom is 0.246 e. The van der Waals surface area contributed by atoms with E-state index in [1.807, 2.05) is 0 Å². The van der Waals surface area contributed by atoms with Crippen LogP contribution in [-0.4, -0.2) is 72.6 Å². The Hall–Kier alpha value is -1.14. The first-order chi connectivity index (χ1) is 10.5. The van der Waals surface area contributed by atoms with E-state index < -0.39 is 17.5 Å². The third-order valence-corrected chi connectivity index (χ3v) is 4.93. The smallest absolute Gasteiger partial charge is 0.246 e. The molecule has 2 rings (SSSR count). The van der Waals surface area contributed by atoms with E-state index in [1.165, 1.54) is 13.2 Å². The van der Waals surface area contributed by atoms with Crippen LogP contribution >= 0.6 is 11.6 Å². The average molecular weight is 333 g/mol. The summed E-state index contributed by atoms with van der Waals surface area (Å²) in [7, 11) is 1.52. The summed E-state index contributed by atoms with van der Waals surface area (Å²) >= 11 is 5.93. The van der Waals surface area contributed by atoms with Crippen molar-refractivity contribution < 1.29 is 18.7 Å². The Morgan fingerprint density at radius 1 is 1.23 bits per heavy atom. The molecule has 2 amide bonds. The van der Waals surface area contributed by atoms with Crippen LogP contribution in [0, 0.1) is 5.92 Å². The molecule has 1 saturated heterocycles. The normalized spacial score (nSPS) is 32.7. The van der Waals surface area contributed by atoms with Gasteiger partial charge in [-0.15, -0.1) is 11.6 Å². The largest absolute Gasteiger partial charge is 0.381 e. The van der Waals surface area contributed by atoms with Crippen molar-refractivity contribution in [1.82, 2.24) is 9.80 Å². The maximum atomic E-state index is 13.9. The second-order valence-corrected chi connectivity index (χ2v) is 6.30. The highest BCUT2D eigenvalue weighted by molar-refractivity contribution is 6.21. The van der Waals surface area contributed by atoms with Crippen molar-refractivity contribution in [1.29, 1.82) is 0 Å². The first-order valence-electron chi connectivity index (χ1n) is 7.49. The number of methoxy groups -OCH3 is 1. The average Bonchev–Trinajstić information content (AvgIpc) is 2.55. The van der Waals surface area contributed by atoms with E-state index in [9.17, 15) is 14.0 Å². The van der Waals surface area contributed by atoms with Crippen LogP contribution in [0.3, 0.4) is 0 Å². The standard InChI is InChI=1S/C15H22ClFN2O3/c1-3-14(20)18-4-6-19(7-5-18)15(21)10-8-12(17)11(16)9-13(10)22-2/h3,10-13H,1,4-9H2,2H3. The summed E-state index contributed by atoms with van der Waals surface area (Å²) in [4.78, 5) is 27.5. The molecular weight excluding hydrogens is 311 g/mol. The highest BCUT2D eigenvalue weighted by Gasteiger charge is 2.42. The van der Waals surface area contributed by atoms with E-state index in [2.05, 4.69) is 6.58 Å². The fourth-order valence-electron chi connectivity index (χ4n) is 3.11. The third-order valence-electron chi connectivity index (χ3n) is 4.48. The fraction of sp³-hybridized carbons (Fsp3) is 0.733. The lowest BCUT2D eigenvalue weighted by atomic mass is 9.83. The molecule has 124 valence electrons. The van der Waals surface area contributed by atoms with Crippen LogP contribution in [0.4, 0.5) is 4.39 Å². The molecule has 0 aromatic rings. The van der Waals surface area contributed by atoms with Crippen molar-refractivity contribution in [3.8, 4) is 0 Å². The molecule has 0 aromatic carbocycles. The minimum Gasteiger partial charge on any atom is -0.381 e. The van der Waals surface area contributed by atoms with Gasteiger partial charge in [-0.05, 0) is 18.9 Å². The molecule has 1 saturated carbocycles. The zero-order valence-electron chi connectivity index (χ0n) is 12.7. The number of alkyl halides is 2. The van der Waals surface area contributed by atoms with Crippen LogP contribution in [0.1, 0.15) is 12.8 Å². The van der Waals surface area contributed by atoms with Crippen LogP contribution in [0.2, 0.25) is 0 Å². The molecule has 5 nitrogen and oxygen atoms in total. The quantitative estimate of drug-likeness (QED) is 0.576. The lowest BCUT2D eigenvalue weighted by Crippen LogP contribution is -2.54. The molecule has 0 bridgehead atoms. The number of carbonyl (C=O) groups excluding carboxylic acids is 2. The van der Waals surface area contributed by atoms with E-state index in [-0.39, 0.29) is 24.3 Å². The van der Waals surface area contributed by atoms with Crippen LogP contribution in [-0.2, 0) is 14.3 Å². The highest BCUT2D eigenvalue weighted by Crippen LogP contribution is 2.33. The van der Waals surface area contributed by atoms with Gasteiger partial charge in [-0.25, -0.2) is 4.39 Å². The molecule has 7 heteroatoms. The first kappa shape index (κ1) is 17.2. The SMILES string of the molecule is C=CC(=O)N1CCN(C(=O)C2CC(F)C(Cl)CC2OC)CC1. The molecule has 4 atom stereocenters. The molecule has 4 unspecified atom stereocenters.